The lowest BCUT2D eigenvalue weighted by Crippen LogP contribution is -2.06. The van der Waals surface area contributed by atoms with Gasteiger partial charge in [-0.05, 0) is 23.8 Å². The molecule has 4 heteroatoms. The van der Waals surface area contributed by atoms with Crippen LogP contribution < -0.4 is 0 Å². The van der Waals surface area contributed by atoms with Gasteiger partial charge in [-0.2, -0.15) is 0 Å². The summed E-state index contributed by atoms with van der Waals surface area (Å²) in [6.07, 6.45) is 1.98. The van der Waals surface area contributed by atoms with E-state index in [2.05, 4.69) is 16.8 Å². The van der Waals surface area contributed by atoms with Crippen LogP contribution in [0.5, 0.6) is 0 Å². The van der Waals surface area contributed by atoms with E-state index < -0.39 is 0 Å². The van der Waals surface area contributed by atoms with Gasteiger partial charge in [0, 0.05) is 21.7 Å². The lowest BCUT2D eigenvalue weighted by molar-refractivity contribution is 0.350. The maximum atomic E-state index is 8.94. The highest BCUT2D eigenvalue weighted by atomic mass is 35.5. The first kappa shape index (κ1) is 17.3. The Morgan fingerprint density at radius 1 is 1.09 bits per heavy atom. The minimum Gasteiger partial charge on any atom is -0.384 e. The molecule has 0 amide bonds. The van der Waals surface area contributed by atoms with E-state index in [9.17, 15) is 0 Å². The molecule has 2 aromatic rings. The van der Waals surface area contributed by atoms with E-state index >= 15 is 0 Å². The summed E-state index contributed by atoms with van der Waals surface area (Å²) in [4.78, 5) is 4.69. The second-order valence-electron chi connectivity index (χ2n) is 4.82. The molecule has 0 spiro atoms. The Bertz CT molecular complexity index is 814. The molecule has 0 aromatic heterocycles. The van der Waals surface area contributed by atoms with Gasteiger partial charge >= 0.3 is 0 Å². The Morgan fingerprint density at radius 2 is 1.87 bits per heavy atom. The molecular weight excluding hydrogens is 329 g/mol. The number of rotatable bonds is 1. The van der Waals surface area contributed by atoms with Gasteiger partial charge in [-0.25, -0.2) is 0 Å². The van der Waals surface area contributed by atoms with Crippen molar-refractivity contribution in [2.75, 3.05) is 13.2 Å². The molecule has 1 N–H and O–H groups in total. The molecule has 1 heterocycles. The van der Waals surface area contributed by atoms with Gasteiger partial charge in [0.05, 0.1) is 12.3 Å². The molecule has 0 saturated heterocycles. The average Bonchev–Trinajstić information content (AvgIpc) is 2.73. The van der Waals surface area contributed by atoms with Crippen LogP contribution in [0.25, 0.3) is 5.57 Å². The van der Waals surface area contributed by atoms with Crippen LogP contribution in [-0.2, 0) is 0 Å². The molecule has 0 aliphatic carbocycles. The van der Waals surface area contributed by atoms with Crippen molar-refractivity contribution in [1.29, 1.82) is 0 Å². The van der Waals surface area contributed by atoms with Gasteiger partial charge in [-0.15, -0.1) is 12.4 Å². The molecule has 0 bridgehead atoms. The first-order valence-corrected chi connectivity index (χ1v) is 7.37. The van der Waals surface area contributed by atoms with Crippen molar-refractivity contribution >= 4 is 35.3 Å². The Hall–Kier alpha value is -2.05. The highest BCUT2D eigenvalue weighted by molar-refractivity contribution is 6.31. The van der Waals surface area contributed by atoms with Gasteiger partial charge in [0.2, 0.25) is 0 Å². The van der Waals surface area contributed by atoms with Crippen molar-refractivity contribution in [3.63, 3.8) is 0 Å². The predicted molar refractivity (Wildman–Crippen MR) is 98.5 cm³/mol. The number of nitrogens with zero attached hydrogens (tertiary/aromatic N) is 1. The molecule has 116 valence electrons. The third kappa shape index (κ3) is 3.83. The molecule has 1 aliphatic heterocycles. The molecule has 23 heavy (non-hydrogen) atoms. The third-order valence-corrected chi connectivity index (χ3v) is 3.66. The molecule has 3 rings (SSSR count). The SMILES string of the molecule is Cl.OCC#CC1=CCN=C(c2ccccc2)c2cc(Cl)ccc21. The first-order chi connectivity index (χ1) is 10.8. The Morgan fingerprint density at radius 3 is 2.61 bits per heavy atom. The number of benzene rings is 2. The summed E-state index contributed by atoms with van der Waals surface area (Å²) in [6, 6.07) is 15.8. The Kier molecular flexibility index (Phi) is 6.01. The molecule has 0 saturated carbocycles. The molecule has 2 aromatic carbocycles. The lowest BCUT2D eigenvalue weighted by atomic mass is 9.94. The van der Waals surface area contributed by atoms with Crippen LogP contribution in [0.4, 0.5) is 0 Å². The maximum absolute atomic E-state index is 8.94. The fraction of sp³-hybridized carbons (Fsp3) is 0.105. The van der Waals surface area contributed by atoms with Crippen LogP contribution in [0, 0.1) is 11.8 Å². The summed E-state index contributed by atoms with van der Waals surface area (Å²) in [5, 5.41) is 9.60. The highest BCUT2D eigenvalue weighted by Crippen LogP contribution is 2.27. The van der Waals surface area contributed by atoms with Gasteiger partial charge in [0.25, 0.3) is 0 Å². The zero-order chi connectivity index (χ0) is 15.4. The average molecular weight is 344 g/mol. The molecule has 0 unspecified atom stereocenters. The Balaban J connectivity index is 0.00000192. The van der Waals surface area contributed by atoms with Crippen LogP contribution >= 0.6 is 24.0 Å². The number of hydrogen-bond donors (Lipinski definition) is 1. The lowest BCUT2D eigenvalue weighted by Gasteiger charge is -2.11. The second-order valence-corrected chi connectivity index (χ2v) is 5.26. The fourth-order valence-electron chi connectivity index (χ4n) is 2.47. The van der Waals surface area contributed by atoms with E-state index in [1.165, 1.54) is 0 Å². The summed E-state index contributed by atoms with van der Waals surface area (Å²) >= 11 is 6.18. The van der Waals surface area contributed by atoms with E-state index in [0.29, 0.717) is 11.6 Å². The summed E-state index contributed by atoms with van der Waals surface area (Å²) in [6.45, 7) is 0.388. The van der Waals surface area contributed by atoms with Crippen LogP contribution in [0.1, 0.15) is 16.7 Å². The molecule has 2 nitrogen and oxygen atoms in total. The first-order valence-electron chi connectivity index (χ1n) is 6.99. The van der Waals surface area contributed by atoms with E-state index in [0.717, 1.165) is 28.0 Å². The van der Waals surface area contributed by atoms with Gasteiger partial charge in [0.15, 0.2) is 0 Å². The molecule has 0 fully saturated rings. The number of aliphatic imine (C=N–C) groups is 1. The number of aliphatic hydroxyl groups excluding tert-OH is 1. The van der Waals surface area contributed by atoms with Crippen molar-refractivity contribution in [3.05, 3.63) is 76.3 Å². The van der Waals surface area contributed by atoms with Gasteiger partial charge in [-0.1, -0.05) is 59.8 Å². The summed E-state index contributed by atoms with van der Waals surface area (Å²) in [5.41, 5.74) is 4.79. The van der Waals surface area contributed by atoms with E-state index in [-0.39, 0.29) is 19.0 Å². The normalized spacial score (nSPS) is 12.6. The second kappa shape index (κ2) is 7.99. The number of allylic oxidation sites excluding steroid dienone is 1. The number of halogens is 2. The highest BCUT2D eigenvalue weighted by Gasteiger charge is 2.16. The van der Waals surface area contributed by atoms with Crippen LogP contribution in [-0.4, -0.2) is 24.0 Å². The molecular formula is C19H15Cl2NO. The quantitative estimate of drug-likeness (QED) is 0.780. The predicted octanol–water partition coefficient (Wildman–Crippen LogP) is 3.99. The largest absolute Gasteiger partial charge is 0.384 e. The topological polar surface area (TPSA) is 32.6 Å². The number of aliphatic hydroxyl groups is 1. The smallest absolute Gasteiger partial charge is 0.104 e. The van der Waals surface area contributed by atoms with Crippen LogP contribution in [0.2, 0.25) is 5.02 Å². The third-order valence-electron chi connectivity index (χ3n) is 3.42. The summed E-state index contributed by atoms with van der Waals surface area (Å²) < 4.78 is 0. The summed E-state index contributed by atoms with van der Waals surface area (Å²) in [7, 11) is 0. The van der Waals surface area contributed by atoms with Crippen molar-refractivity contribution < 1.29 is 5.11 Å². The molecule has 1 aliphatic rings. The van der Waals surface area contributed by atoms with Gasteiger partial charge < -0.3 is 5.11 Å². The number of fused-ring (bicyclic) bond motifs is 1. The van der Waals surface area contributed by atoms with Crippen LogP contribution in [0.3, 0.4) is 0 Å². The maximum Gasteiger partial charge on any atom is 0.104 e. The minimum atomic E-state index is -0.160. The molecule has 0 atom stereocenters. The van der Waals surface area contributed by atoms with E-state index in [4.69, 9.17) is 16.7 Å². The monoisotopic (exact) mass is 343 g/mol. The number of hydrogen-bond acceptors (Lipinski definition) is 2. The van der Waals surface area contributed by atoms with Crippen molar-refractivity contribution in [2.45, 2.75) is 0 Å². The molecule has 0 radical (unpaired) electrons. The zero-order valence-corrected chi connectivity index (χ0v) is 13.9. The Labute approximate surface area is 146 Å². The zero-order valence-electron chi connectivity index (χ0n) is 12.3. The van der Waals surface area contributed by atoms with Crippen molar-refractivity contribution in [3.8, 4) is 11.8 Å². The van der Waals surface area contributed by atoms with Crippen LogP contribution in [0.15, 0.2) is 59.6 Å². The van der Waals surface area contributed by atoms with Crippen molar-refractivity contribution in [2.24, 2.45) is 4.99 Å². The van der Waals surface area contributed by atoms with Gasteiger partial charge in [0.1, 0.15) is 6.61 Å². The van der Waals surface area contributed by atoms with Crippen molar-refractivity contribution in [1.82, 2.24) is 0 Å². The van der Waals surface area contributed by atoms with E-state index in [1.807, 2.05) is 54.6 Å². The fourth-order valence-corrected chi connectivity index (χ4v) is 2.64. The van der Waals surface area contributed by atoms with Gasteiger partial charge in [-0.3, -0.25) is 4.99 Å². The summed E-state index contributed by atoms with van der Waals surface area (Å²) in [5.74, 6) is 5.71. The minimum absolute atomic E-state index is 0. The van der Waals surface area contributed by atoms with E-state index in [1.54, 1.807) is 0 Å². The standard InChI is InChI=1S/C19H14ClNO.ClH/c20-16-8-9-17-14(7-4-12-22)10-11-21-19(18(17)13-16)15-5-2-1-3-6-15;/h1-3,5-6,8-10,13,22H,11-12H2;1H.